The fraction of sp³-hybridized carbons (Fsp3) is 0.920. The third-order valence-corrected chi connectivity index (χ3v) is 9.28. The van der Waals surface area contributed by atoms with E-state index in [0.717, 1.165) is 35.5 Å². The van der Waals surface area contributed by atoms with E-state index in [2.05, 4.69) is 54.5 Å². The minimum Gasteiger partial charge on any atom is -0.0848 e. The molecule has 0 radical (unpaired) electrons. The summed E-state index contributed by atoms with van der Waals surface area (Å²) >= 11 is 0. The van der Waals surface area contributed by atoms with Gasteiger partial charge in [0.05, 0.1) is 0 Å². The van der Waals surface area contributed by atoms with Crippen LogP contribution in [-0.2, 0) is 0 Å². The first-order valence-corrected chi connectivity index (χ1v) is 11.3. The molecule has 0 saturated heterocycles. The van der Waals surface area contributed by atoms with E-state index in [1.807, 2.05) is 0 Å². The number of hydrogen-bond donors (Lipinski definition) is 0. The van der Waals surface area contributed by atoms with Crippen molar-refractivity contribution >= 4 is 0 Å². The van der Waals surface area contributed by atoms with Crippen LogP contribution in [0.25, 0.3) is 0 Å². The highest BCUT2D eigenvalue weighted by molar-refractivity contribution is 5.20. The second-order valence-corrected chi connectivity index (χ2v) is 11.3. The predicted octanol–water partition coefficient (Wildman–Crippen LogP) is 7.88. The first-order valence-electron chi connectivity index (χ1n) is 11.3. The Kier molecular flexibility index (Phi) is 5.50. The molecule has 2 saturated carbocycles. The lowest BCUT2D eigenvalue weighted by molar-refractivity contribution is -0.0391. The summed E-state index contributed by atoms with van der Waals surface area (Å²) in [5.41, 5.74) is 2.73. The van der Waals surface area contributed by atoms with Crippen LogP contribution in [0.4, 0.5) is 0 Å². The van der Waals surface area contributed by atoms with Crippen molar-refractivity contribution in [3.63, 3.8) is 0 Å². The lowest BCUT2D eigenvalue weighted by atomic mass is 9.49. The molecule has 3 aliphatic rings. The van der Waals surface area contributed by atoms with Crippen LogP contribution in [0.15, 0.2) is 11.6 Å². The van der Waals surface area contributed by atoms with E-state index in [4.69, 9.17) is 0 Å². The summed E-state index contributed by atoms with van der Waals surface area (Å²) in [6.45, 7) is 17.5. The zero-order valence-electron chi connectivity index (χ0n) is 18.2. The Hall–Kier alpha value is -0.260. The summed E-state index contributed by atoms with van der Waals surface area (Å²) in [4.78, 5) is 0. The van der Waals surface area contributed by atoms with Crippen molar-refractivity contribution in [3.8, 4) is 0 Å². The molecular weight excluding hydrogens is 300 g/mol. The van der Waals surface area contributed by atoms with E-state index in [1.165, 1.54) is 51.4 Å². The molecule has 0 heterocycles. The molecule has 0 amide bonds. The summed E-state index contributed by atoms with van der Waals surface area (Å²) in [5.74, 6) is 5.68. The van der Waals surface area contributed by atoms with Crippen molar-refractivity contribution < 1.29 is 0 Å². The van der Waals surface area contributed by atoms with Crippen LogP contribution in [0.2, 0.25) is 0 Å². The van der Waals surface area contributed by atoms with Gasteiger partial charge in [-0.3, -0.25) is 0 Å². The topological polar surface area (TPSA) is 0 Å². The van der Waals surface area contributed by atoms with Gasteiger partial charge in [-0.05, 0) is 85.4 Å². The molecule has 0 aromatic carbocycles. The predicted molar refractivity (Wildman–Crippen MR) is 111 cm³/mol. The highest BCUT2D eigenvalue weighted by atomic mass is 14.6. The summed E-state index contributed by atoms with van der Waals surface area (Å²) in [6.07, 6.45) is 14.3. The molecule has 25 heavy (non-hydrogen) atoms. The molecule has 0 aromatic rings. The molecule has 2 fully saturated rings. The maximum absolute atomic E-state index is 2.70. The quantitative estimate of drug-likeness (QED) is 0.445. The van der Waals surface area contributed by atoms with Crippen molar-refractivity contribution in [3.05, 3.63) is 11.6 Å². The van der Waals surface area contributed by atoms with E-state index >= 15 is 0 Å². The smallest absolute Gasteiger partial charge is 0.0116 e. The standard InChI is InChI=1S/C25H44/c1-17(2)9-8-10-18(3)21-13-14-23-20-12-11-19(4)24(5,6)22(20)15-16-25(21,23)7/h11,17-18,20-23H,8-10,12-16H2,1-7H3/t18-,20?,21-,22+,23+,25-/m1/s1. The normalized spacial score (nSPS) is 41.2. The molecule has 0 aromatic heterocycles. The van der Waals surface area contributed by atoms with Crippen molar-refractivity contribution in [1.29, 1.82) is 0 Å². The molecule has 0 aliphatic heterocycles. The molecule has 3 aliphatic carbocycles. The lowest BCUT2D eigenvalue weighted by Gasteiger charge is -2.56. The molecule has 144 valence electrons. The third-order valence-electron chi connectivity index (χ3n) is 9.28. The summed E-state index contributed by atoms with van der Waals surface area (Å²) in [7, 11) is 0. The zero-order chi connectivity index (χ0) is 18.4. The zero-order valence-corrected chi connectivity index (χ0v) is 18.2. The van der Waals surface area contributed by atoms with Gasteiger partial charge in [0.1, 0.15) is 0 Å². The largest absolute Gasteiger partial charge is 0.0848 e. The fourth-order valence-corrected chi connectivity index (χ4v) is 7.41. The van der Waals surface area contributed by atoms with Crippen molar-refractivity contribution in [2.75, 3.05) is 0 Å². The van der Waals surface area contributed by atoms with Gasteiger partial charge in [0, 0.05) is 0 Å². The van der Waals surface area contributed by atoms with Gasteiger partial charge in [-0.25, -0.2) is 0 Å². The number of rotatable bonds is 5. The van der Waals surface area contributed by atoms with Crippen LogP contribution in [-0.4, -0.2) is 0 Å². The Balaban J connectivity index is 1.72. The van der Waals surface area contributed by atoms with Crippen molar-refractivity contribution in [1.82, 2.24) is 0 Å². The Morgan fingerprint density at radius 2 is 1.72 bits per heavy atom. The van der Waals surface area contributed by atoms with E-state index in [-0.39, 0.29) is 0 Å². The van der Waals surface area contributed by atoms with Crippen LogP contribution in [0.1, 0.15) is 99.8 Å². The minimum atomic E-state index is 0.436. The van der Waals surface area contributed by atoms with Crippen molar-refractivity contribution in [2.24, 2.45) is 46.3 Å². The second-order valence-electron chi connectivity index (χ2n) is 11.3. The average molecular weight is 345 g/mol. The van der Waals surface area contributed by atoms with Gasteiger partial charge in [-0.1, -0.05) is 72.5 Å². The van der Waals surface area contributed by atoms with Gasteiger partial charge in [0.15, 0.2) is 0 Å². The van der Waals surface area contributed by atoms with Crippen LogP contribution in [0.3, 0.4) is 0 Å². The van der Waals surface area contributed by atoms with Crippen LogP contribution in [0.5, 0.6) is 0 Å². The molecule has 0 heteroatoms. The van der Waals surface area contributed by atoms with E-state index < -0.39 is 0 Å². The summed E-state index contributed by atoms with van der Waals surface area (Å²) in [6, 6.07) is 0. The maximum Gasteiger partial charge on any atom is -0.0116 e. The van der Waals surface area contributed by atoms with Gasteiger partial charge in [0.2, 0.25) is 0 Å². The van der Waals surface area contributed by atoms with E-state index in [1.54, 1.807) is 5.57 Å². The number of fused-ring (bicyclic) bond motifs is 3. The SMILES string of the molecule is CC1=CCC2[C@H](CC[C@]3(C)[C@@H]([C@H](C)CCCC(C)C)CC[C@@H]23)C1(C)C. The van der Waals surface area contributed by atoms with E-state index in [9.17, 15) is 0 Å². The maximum atomic E-state index is 2.70. The molecule has 0 nitrogen and oxygen atoms in total. The summed E-state index contributed by atoms with van der Waals surface area (Å²) < 4.78 is 0. The van der Waals surface area contributed by atoms with Gasteiger partial charge in [-0.2, -0.15) is 0 Å². The average Bonchev–Trinajstić information content (AvgIpc) is 2.88. The Morgan fingerprint density at radius 1 is 1.00 bits per heavy atom. The molecule has 3 rings (SSSR count). The molecular formula is C25H44. The molecule has 6 atom stereocenters. The Labute approximate surface area is 158 Å². The van der Waals surface area contributed by atoms with Gasteiger partial charge in [-0.15, -0.1) is 0 Å². The van der Waals surface area contributed by atoms with Gasteiger partial charge in [0.25, 0.3) is 0 Å². The molecule has 0 N–H and O–H groups in total. The minimum absolute atomic E-state index is 0.436. The van der Waals surface area contributed by atoms with Gasteiger partial charge < -0.3 is 0 Å². The second kappa shape index (κ2) is 7.05. The van der Waals surface area contributed by atoms with Gasteiger partial charge >= 0.3 is 0 Å². The first-order chi connectivity index (χ1) is 11.7. The highest BCUT2D eigenvalue weighted by Crippen LogP contribution is 2.65. The summed E-state index contributed by atoms with van der Waals surface area (Å²) in [5, 5.41) is 0. The Bertz CT molecular complexity index is 496. The Morgan fingerprint density at radius 3 is 2.40 bits per heavy atom. The number of hydrogen-bond acceptors (Lipinski definition) is 0. The lowest BCUT2D eigenvalue weighted by Crippen LogP contribution is -2.48. The monoisotopic (exact) mass is 344 g/mol. The molecule has 0 bridgehead atoms. The molecule has 1 unspecified atom stereocenters. The number of allylic oxidation sites excluding steroid dienone is 2. The molecule has 0 spiro atoms. The van der Waals surface area contributed by atoms with Crippen molar-refractivity contribution in [2.45, 2.75) is 99.8 Å². The van der Waals surface area contributed by atoms with Crippen LogP contribution >= 0.6 is 0 Å². The van der Waals surface area contributed by atoms with E-state index in [0.29, 0.717) is 10.8 Å². The fourth-order valence-electron chi connectivity index (χ4n) is 7.41. The third kappa shape index (κ3) is 3.37. The van der Waals surface area contributed by atoms with Crippen LogP contribution in [0, 0.1) is 46.3 Å². The first kappa shape index (κ1) is 19.5. The highest BCUT2D eigenvalue weighted by Gasteiger charge is 2.57. The van der Waals surface area contributed by atoms with Crippen LogP contribution < -0.4 is 0 Å².